The molecule has 0 radical (unpaired) electrons. The fourth-order valence-corrected chi connectivity index (χ4v) is 1.71. The van der Waals surface area contributed by atoms with Gasteiger partial charge in [0.2, 0.25) is 5.91 Å². The van der Waals surface area contributed by atoms with Gasteiger partial charge in [0, 0.05) is 12.1 Å². The highest BCUT2D eigenvalue weighted by Crippen LogP contribution is 2.18. The van der Waals surface area contributed by atoms with E-state index in [0.717, 1.165) is 32.4 Å². The molecule has 1 fully saturated rings. The first kappa shape index (κ1) is 15.4. The van der Waals surface area contributed by atoms with Crippen LogP contribution >= 0.6 is 0 Å². The van der Waals surface area contributed by atoms with Crippen LogP contribution in [0.1, 0.15) is 46.5 Å². The van der Waals surface area contributed by atoms with Crippen LogP contribution in [-0.2, 0) is 4.79 Å². The Hall–Kier alpha value is -0.610. The highest BCUT2D eigenvalue weighted by atomic mass is 16.2. The zero-order valence-corrected chi connectivity index (χ0v) is 12.3. The fraction of sp³-hybridized carbons (Fsp3) is 0.929. The molecule has 4 heteroatoms. The highest BCUT2D eigenvalue weighted by molar-refractivity contribution is 5.81. The predicted octanol–water partition coefficient (Wildman–Crippen LogP) is 1.36. The number of amides is 1. The molecule has 0 heterocycles. The molecule has 18 heavy (non-hydrogen) atoms. The van der Waals surface area contributed by atoms with Crippen LogP contribution in [0.2, 0.25) is 0 Å². The van der Waals surface area contributed by atoms with Crippen molar-refractivity contribution in [2.75, 3.05) is 20.1 Å². The van der Waals surface area contributed by atoms with Crippen molar-refractivity contribution in [1.82, 2.24) is 15.5 Å². The fourth-order valence-electron chi connectivity index (χ4n) is 1.71. The zero-order chi connectivity index (χ0) is 13.5. The van der Waals surface area contributed by atoms with Crippen LogP contribution in [0.4, 0.5) is 0 Å². The second-order valence-corrected chi connectivity index (χ2v) is 5.74. The third-order valence-electron chi connectivity index (χ3n) is 3.59. The summed E-state index contributed by atoms with van der Waals surface area (Å²) in [6, 6.07) is 1.01. The van der Waals surface area contributed by atoms with E-state index in [2.05, 4.69) is 36.4 Å². The number of carbonyl (C=O) groups excluding carboxylic acids is 1. The average molecular weight is 255 g/mol. The van der Waals surface area contributed by atoms with Crippen molar-refractivity contribution >= 4 is 5.91 Å². The molecule has 0 aromatic carbocycles. The third kappa shape index (κ3) is 6.36. The molecule has 1 atom stereocenters. The lowest BCUT2D eigenvalue weighted by Gasteiger charge is -2.21. The Morgan fingerprint density at radius 1 is 1.28 bits per heavy atom. The first-order chi connectivity index (χ1) is 8.50. The molecular weight excluding hydrogens is 226 g/mol. The second kappa shape index (κ2) is 7.74. The lowest BCUT2D eigenvalue weighted by molar-refractivity contribution is -0.122. The van der Waals surface area contributed by atoms with E-state index in [1.54, 1.807) is 0 Å². The van der Waals surface area contributed by atoms with E-state index < -0.39 is 0 Å². The molecular formula is C14H29N3O. The normalized spacial score (nSPS) is 17.2. The molecule has 4 nitrogen and oxygen atoms in total. The van der Waals surface area contributed by atoms with Gasteiger partial charge in [-0.2, -0.15) is 0 Å². The summed E-state index contributed by atoms with van der Waals surface area (Å²) >= 11 is 0. The maximum atomic E-state index is 11.7. The van der Waals surface area contributed by atoms with E-state index in [0.29, 0.717) is 12.1 Å². The summed E-state index contributed by atoms with van der Waals surface area (Å²) in [7, 11) is 2.16. The molecule has 1 saturated carbocycles. The van der Waals surface area contributed by atoms with E-state index in [-0.39, 0.29) is 11.9 Å². The van der Waals surface area contributed by atoms with Gasteiger partial charge in [-0.3, -0.25) is 4.79 Å². The van der Waals surface area contributed by atoms with Gasteiger partial charge in [0.1, 0.15) is 0 Å². The van der Waals surface area contributed by atoms with Crippen LogP contribution in [0.3, 0.4) is 0 Å². The molecule has 1 unspecified atom stereocenters. The first-order valence-electron chi connectivity index (χ1n) is 7.24. The Balaban J connectivity index is 1.97. The average Bonchev–Trinajstić information content (AvgIpc) is 3.11. The van der Waals surface area contributed by atoms with Crippen molar-refractivity contribution in [2.45, 2.75) is 64.6 Å². The Labute approximate surface area is 111 Å². The second-order valence-electron chi connectivity index (χ2n) is 5.74. The minimum atomic E-state index is -0.0616. The van der Waals surface area contributed by atoms with E-state index >= 15 is 0 Å². The standard InChI is InChI=1S/C14H29N3O/c1-11(2)17(4)10-6-5-9-15-12(3)14(18)16-13-7-8-13/h11-13,15H,5-10H2,1-4H3,(H,16,18). The maximum Gasteiger partial charge on any atom is 0.237 e. The molecule has 0 aliphatic heterocycles. The van der Waals surface area contributed by atoms with Gasteiger partial charge in [-0.1, -0.05) is 0 Å². The number of unbranched alkanes of at least 4 members (excludes halogenated alkanes) is 1. The molecule has 1 aliphatic rings. The lowest BCUT2D eigenvalue weighted by Crippen LogP contribution is -2.43. The number of hydrogen-bond acceptors (Lipinski definition) is 3. The molecule has 0 aromatic rings. The molecule has 2 N–H and O–H groups in total. The summed E-state index contributed by atoms with van der Waals surface area (Å²) in [5, 5.41) is 6.31. The van der Waals surface area contributed by atoms with Crippen molar-refractivity contribution in [1.29, 1.82) is 0 Å². The highest BCUT2D eigenvalue weighted by Gasteiger charge is 2.25. The van der Waals surface area contributed by atoms with E-state index in [9.17, 15) is 4.79 Å². The van der Waals surface area contributed by atoms with Gasteiger partial charge in [0.25, 0.3) is 0 Å². The van der Waals surface area contributed by atoms with Crippen LogP contribution < -0.4 is 10.6 Å². The van der Waals surface area contributed by atoms with Crippen LogP contribution in [0.15, 0.2) is 0 Å². The van der Waals surface area contributed by atoms with Crippen molar-refractivity contribution in [3.05, 3.63) is 0 Å². The smallest absolute Gasteiger partial charge is 0.237 e. The molecule has 1 amide bonds. The molecule has 1 rings (SSSR count). The lowest BCUT2D eigenvalue weighted by atomic mass is 10.2. The van der Waals surface area contributed by atoms with Gasteiger partial charge in [-0.15, -0.1) is 0 Å². The first-order valence-corrected chi connectivity index (χ1v) is 7.24. The molecule has 1 aliphatic carbocycles. The van der Waals surface area contributed by atoms with Gasteiger partial charge >= 0.3 is 0 Å². The summed E-state index contributed by atoms with van der Waals surface area (Å²) in [6.45, 7) is 8.41. The van der Waals surface area contributed by atoms with Crippen molar-refractivity contribution in [3.8, 4) is 0 Å². The molecule has 0 bridgehead atoms. The summed E-state index contributed by atoms with van der Waals surface area (Å²) in [5.41, 5.74) is 0. The van der Waals surface area contributed by atoms with Gasteiger partial charge in [-0.25, -0.2) is 0 Å². The van der Waals surface area contributed by atoms with Crippen molar-refractivity contribution in [3.63, 3.8) is 0 Å². The Morgan fingerprint density at radius 3 is 2.50 bits per heavy atom. The Bertz CT molecular complexity index is 251. The largest absolute Gasteiger partial charge is 0.352 e. The molecule has 106 valence electrons. The topological polar surface area (TPSA) is 44.4 Å². The number of nitrogens with one attached hydrogen (secondary N) is 2. The summed E-state index contributed by atoms with van der Waals surface area (Å²) in [6.07, 6.45) is 4.61. The quantitative estimate of drug-likeness (QED) is 0.612. The zero-order valence-electron chi connectivity index (χ0n) is 12.3. The van der Waals surface area contributed by atoms with Crippen LogP contribution in [0, 0.1) is 0 Å². The summed E-state index contributed by atoms with van der Waals surface area (Å²) < 4.78 is 0. The predicted molar refractivity (Wildman–Crippen MR) is 75.6 cm³/mol. The van der Waals surface area contributed by atoms with Crippen LogP contribution in [0.5, 0.6) is 0 Å². The summed E-state index contributed by atoms with van der Waals surface area (Å²) in [5.74, 6) is 0.150. The van der Waals surface area contributed by atoms with E-state index in [1.165, 1.54) is 6.42 Å². The molecule has 0 saturated heterocycles. The third-order valence-corrected chi connectivity index (χ3v) is 3.59. The monoisotopic (exact) mass is 255 g/mol. The minimum absolute atomic E-state index is 0.0616. The molecule has 0 aromatic heterocycles. The van der Waals surface area contributed by atoms with Crippen molar-refractivity contribution < 1.29 is 4.79 Å². The van der Waals surface area contributed by atoms with Gasteiger partial charge in [0.05, 0.1) is 6.04 Å². The summed E-state index contributed by atoms with van der Waals surface area (Å²) in [4.78, 5) is 14.0. The van der Waals surface area contributed by atoms with Crippen LogP contribution in [0.25, 0.3) is 0 Å². The SMILES string of the molecule is CC(NCCCCN(C)C(C)C)C(=O)NC1CC1. The van der Waals surface area contributed by atoms with Gasteiger partial charge < -0.3 is 15.5 Å². The van der Waals surface area contributed by atoms with Crippen LogP contribution in [-0.4, -0.2) is 49.1 Å². The van der Waals surface area contributed by atoms with E-state index in [1.807, 2.05) is 6.92 Å². The van der Waals surface area contributed by atoms with E-state index in [4.69, 9.17) is 0 Å². The van der Waals surface area contributed by atoms with Gasteiger partial charge in [-0.05, 0) is 66.6 Å². The molecule has 0 spiro atoms. The number of nitrogens with zero attached hydrogens (tertiary/aromatic N) is 1. The number of rotatable bonds is 9. The maximum absolute atomic E-state index is 11.7. The van der Waals surface area contributed by atoms with Crippen molar-refractivity contribution in [2.24, 2.45) is 0 Å². The number of carbonyl (C=O) groups is 1. The Morgan fingerprint density at radius 2 is 1.94 bits per heavy atom. The van der Waals surface area contributed by atoms with Gasteiger partial charge in [0.15, 0.2) is 0 Å². The minimum Gasteiger partial charge on any atom is -0.352 e. The Kier molecular flexibility index (Phi) is 6.65. The number of hydrogen-bond donors (Lipinski definition) is 2.